The molecule has 1 aromatic rings. The Hall–Kier alpha value is -0.860. The second-order valence-electron chi connectivity index (χ2n) is 5.26. The topological polar surface area (TPSA) is 15.3 Å². The van der Waals surface area contributed by atoms with E-state index < -0.39 is 0 Å². The zero-order valence-corrected chi connectivity index (χ0v) is 11.7. The van der Waals surface area contributed by atoms with Crippen molar-refractivity contribution in [3.8, 4) is 0 Å². The van der Waals surface area contributed by atoms with E-state index in [0.29, 0.717) is 6.04 Å². The molecule has 0 radical (unpaired) electrons. The number of rotatable bonds is 6. The molecule has 1 aliphatic heterocycles. The predicted molar refractivity (Wildman–Crippen MR) is 78.0 cm³/mol. The van der Waals surface area contributed by atoms with Crippen LogP contribution >= 0.6 is 0 Å². The molecule has 0 amide bonds. The van der Waals surface area contributed by atoms with Crippen LogP contribution in [0, 0.1) is 0 Å². The summed E-state index contributed by atoms with van der Waals surface area (Å²) in [6, 6.07) is 11.7. The standard InChI is InChI=1S/C16H26N2/c1-3-16(12-17-4-2)18-11-10-15(13-18)14-8-6-5-7-9-14/h5-9,15-17H,3-4,10-13H2,1-2H3. The minimum Gasteiger partial charge on any atom is -0.315 e. The molecule has 1 aromatic carbocycles. The van der Waals surface area contributed by atoms with Gasteiger partial charge in [-0.2, -0.15) is 0 Å². The first kappa shape index (κ1) is 13.6. The molecule has 0 spiro atoms. The maximum atomic E-state index is 3.49. The number of likely N-dealkylation sites (tertiary alicyclic amines) is 1. The molecule has 0 saturated carbocycles. The van der Waals surface area contributed by atoms with Gasteiger partial charge in [-0.05, 0) is 37.4 Å². The van der Waals surface area contributed by atoms with Crippen LogP contribution in [0.3, 0.4) is 0 Å². The third-order valence-corrected chi connectivity index (χ3v) is 4.11. The van der Waals surface area contributed by atoms with Crippen molar-refractivity contribution in [1.29, 1.82) is 0 Å². The molecule has 2 unspecified atom stereocenters. The molecule has 1 fully saturated rings. The molecule has 1 saturated heterocycles. The van der Waals surface area contributed by atoms with Gasteiger partial charge >= 0.3 is 0 Å². The fourth-order valence-electron chi connectivity index (χ4n) is 2.96. The number of hydrogen-bond donors (Lipinski definition) is 1. The number of hydrogen-bond acceptors (Lipinski definition) is 2. The Balaban J connectivity index is 1.91. The fourth-order valence-corrected chi connectivity index (χ4v) is 2.96. The van der Waals surface area contributed by atoms with Gasteiger partial charge in [0.1, 0.15) is 0 Å². The van der Waals surface area contributed by atoms with Crippen LogP contribution in [0.15, 0.2) is 30.3 Å². The Morgan fingerprint density at radius 3 is 2.72 bits per heavy atom. The van der Waals surface area contributed by atoms with E-state index in [2.05, 4.69) is 54.4 Å². The third-order valence-electron chi connectivity index (χ3n) is 4.11. The monoisotopic (exact) mass is 246 g/mol. The van der Waals surface area contributed by atoms with Crippen LogP contribution in [0.4, 0.5) is 0 Å². The molecule has 100 valence electrons. The van der Waals surface area contributed by atoms with Gasteiger partial charge in [0.25, 0.3) is 0 Å². The molecule has 0 aliphatic carbocycles. The van der Waals surface area contributed by atoms with E-state index in [4.69, 9.17) is 0 Å². The summed E-state index contributed by atoms with van der Waals surface area (Å²) in [5.74, 6) is 0.738. The van der Waals surface area contributed by atoms with Crippen LogP contribution < -0.4 is 5.32 Å². The molecule has 2 atom stereocenters. The molecular weight excluding hydrogens is 220 g/mol. The Labute approximate surface area is 111 Å². The smallest absolute Gasteiger partial charge is 0.0218 e. The summed E-state index contributed by atoms with van der Waals surface area (Å²) in [5, 5.41) is 3.49. The van der Waals surface area contributed by atoms with Crippen molar-refractivity contribution in [3.05, 3.63) is 35.9 Å². The van der Waals surface area contributed by atoms with Gasteiger partial charge in [-0.3, -0.25) is 4.90 Å². The lowest BCUT2D eigenvalue weighted by atomic mass is 9.99. The molecule has 2 rings (SSSR count). The third kappa shape index (κ3) is 3.33. The van der Waals surface area contributed by atoms with E-state index >= 15 is 0 Å². The molecular formula is C16H26N2. The van der Waals surface area contributed by atoms with Crippen molar-refractivity contribution < 1.29 is 0 Å². The highest BCUT2D eigenvalue weighted by Gasteiger charge is 2.27. The van der Waals surface area contributed by atoms with Crippen molar-refractivity contribution in [2.75, 3.05) is 26.2 Å². The second kappa shape index (κ2) is 6.91. The fraction of sp³-hybridized carbons (Fsp3) is 0.625. The molecule has 1 N–H and O–H groups in total. The van der Waals surface area contributed by atoms with E-state index in [-0.39, 0.29) is 0 Å². The van der Waals surface area contributed by atoms with Gasteiger partial charge in [-0.1, -0.05) is 44.2 Å². The summed E-state index contributed by atoms with van der Waals surface area (Å²) in [6.45, 7) is 9.18. The molecule has 0 aromatic heterocycles. The average molecular weight is 246 g/mol. The first-order valence-corrected chi connectivity index (χ1v) is 7.34. The van der Waals surface area contributed by atoms with E-state index in [0.717, 1.165) is 19.0 Å². The lowest BCUT2D eigenvalue weighted by molar-refractivity contribution is 0.228. The van der Waals surface area contributed by atoms with Crippen LogP contribution in [0.1, 0.15) is 38.2 Å². The summed E-state index contributed by atoms with van der Waals surface area (Å²) < 4.78 is 0. The summed E-state index contributed by atoms with van der Waals surface area (Å²) >= 11 is 0. The van der Waals surface area contributed by atoms with Crippen LogP contribution in [-0.2, 0) is 0 Å². The van der Waals surface area contributed by atoms with Crippen LogP contribution in [0.25, 0.3) is 0 Å². The van der Waals surface area contributed by atoms with Gasteiger partial charge in [0, 0.05) is 19.1 Å². The summed E-state index contributed by atoms with van der Waals surface area (Å²) in [7, 11) is 0. The summed E-state index contributed by atoms with van der Waals surface area (Å²) in [5.41, 5.74) is 1.51. The Bertz CT molecular complexity index is 336. The van der Waals surface area contributed by atoms with E-state index in [9.17, 15) is 0 Å². The van der Waals surface area contributed by atoms with Crippen molar-refractivity contribution in [2.24, 2.45) is 0 Å². The largest absolute Gasteiger partial charge is 0.315 e. The first-order chi connectivity index (χ1) is 8.85. The van der Waals surface area contributed by atoms with Crippen molar-refractivity contribution in [1.82, 2.24) is 10.2 Å². The summed E-state index contributed by atoms with van der Waals surface area (Å²) in [6.07, 6.45) is 2.56. The maximum absolute atomic E-state index is 3.49. The first-order valence-electron chi connectivity index (χ1n) is 7.34. The Kier molecular flexibility index (Phi) is 5.21. The van der Waals surface area contributed by atoms with Gasteiger partial charge in [0.2, 0.25) is 0 Å². The molecule has 18 heavy (non-hydrogen) atoms. The van der Waals surface area contributed by atoms with Crippen molar-refractivity contribution in [2.45, 2.75) is 38.6 Å². The summed E-state index contributed by atoms with van der Waals surface area (Å²) in [4.78, 5) is 2.67. The van der Waals surface area contributed by atoms with Gasteiger partial charge in [0.15, 0.2) is 0 Å². The van der Waals surface area contributed by atoms with E-state index in [1.807, 2.05) is 0 Å². The van der Waals surface area contributed by atoms with Crippen LogP contribution in [0.5, 0.6) is 0 Å². The zero-order valence-electron chi connectivity index (χ0n) is 11.7. The number of likely N-dealkylation sites (N-methyl/N-ethyl adjacent to an activating group) is 1. The quantitative estimate of drug-likeness (QED) is 0.830. The number of benzene rings is 1. The van der Waals surface area contributed by atoms with Gasteiger partial charge < -0.3 is 5.32 Å². The SMILES string of the molecule is CCNCC(CC)N1CCC(c2ccccc2)C1. The van der Waals surface area contributed by atoms with Crippen LogP contribution in [-0.4, -0.2) is 37.1 Å². The Morgan fingerprint density at radius 2 is 2.06 bits per heavy atom. The maximum Gasteiger partial charge on any atom is 0.0218 e. The lowest BCUT2D eigenvalue weighted by Gasteiger charge is -2.27. The van der Waals surface area contributed by atoms with Crippen molar-refractivity contribution >= 4 is 0 Å². The molecule has 2 heteroatoms. The highest BCUT2D eigenvalue weighted by molar-refractivity contribution is 5.21. The number of nitrogens with one attached hydrogen (secondary N) is 1. The predicted octanol–water partition coefficient (Wildman–Crippen LogP) is 2.86. The molecule has 2 nitrogen and oxygen atoms in total. The average Bonchev–Trinajstić information content (AvgIpc) is 2.90. The minimum atomic E-state index is 0.707. The van der Waals surface area contributed by atoms with Gasteiger partial charge in [-0.15, -0.1) is 0 Å². The normalized spacial score (nSPS) is 22.2. The van der Waals surface area contributed by atoms with Gasteiger partial charge in [-0.25, -0.2) is 0 Å². The highest BCUT2D eigenvalue weighted by atomic mass is 15.2. The highest BCUT2D eigenvalue weighted by Crippen LogP contribution is 2.28. The Morgan fingerprint density at radius 1 is 1.28 bits per heavy atom. The van der Waals surface area contributed by atoms with Crippen LogP contribution in [0.2, 0.25) is 0 Å². The minimum absolute atomic E-state index is 0.707. The molecule has 1 aliphatic rings. The second-order valence-corrected chi connectivity index (χ2v) is 5.26. The van der Waals surface area contributed by atoms with Crippen molar-refractivity contribution in [3.63, 3.8) is 0 Å². The number of nitrogens with zero attached hydrogens (tertiary/aromatic N) is 1. The zero-order chi connectivity index (χ0) is 12.8. The van der Waals surface area contributed by atoms with E-state index in [1.165, 1.54) is 31.5 Å². The van der Waals surface area contributed by atoms with E-state index in [1.54, 1.807) is 0 Å². The molecule has 0 bridgehead atoms. The lowest BCUT2D eigenvalue weighted by Crippen LogP contribution is -2.40. The molecule has 1 heterocycles. The van der Waals surface area contributed by atoms with Gasteiger partial charge in [0.05, 0.1) is 0 Å².